The van der Waals surface area contributed by atoms with E-state index in [1.165, 1.54) is 6.08 Å². The first-order chi connectivity index (χ1) is 9.65. The van der Waals surface area contributed by atoms with Crippen molar-refractivity contribution < 1.29 is 9.90 Å². The molecule has 0 bridgehead atoms. The maximum Gasteiger partial charge on any atom is 0.244 e. The maximum atomic E-state index is 11.8. The van der Waals surface area contributed by atoms with Gasteiger partial charge in [-0.15, -0.1) is 0 Å². The highest BCUT2D eigenvalue weighted by Gasteiger charge is 2.07. The second-order valence-corrected chi connectivity index (χ2v) is 4.84. The summed E-state index contributed by atoms with van der Waals surface area (Å²) in [5.74, 6) is -0.182. The molecule has 0 fully saturated rings. The Morgan fingerprint density at radius 2 is 2.20 bits per heavy atom. The number of para-hydroxylation sites is 1. The topological polar surface area (TPSA) is 54.3 Å². The highest BCUT2D eigenvalue weighted by Crippen LogP contribution is 2.21. The van der Waals surface area contributed by atoms with E-state index in [-0.39, 0.29) is 18.6 Å². The Labute approximate surface area is 118 Å². The standard InChI is InChI=1S/C16H20N2O2/c1-3-13(11-19)17-16(20)9-8-12-10-18(2)15-7-5-4-6-14(12)15/h4-10,13,19H,3,11H2,1-2H3,(H,17,20)/b9-8+. The summed E-state index contributed by atoms with van der Waals surface area (Å²) in [7, 11) is 1.98. The van der Waals surface area contributed by atoms with Crippen LogP contribution < -0.4 is 5.32 Å². The van der Waals surface area contributed by atoms with Crippen LogP contribution in [0.15, 0.2) is 36.5 Å². The van der Waals surface area contributed by atoms with Gasteiger partial charge in [0, 0.05) is 35.8 Å². The summed E-state index contributed by atoms with van der Waals surface area (Å²) in [4.78, 5) is 11.8. The van der Waals surface area contributed by atoms with Gasteiger partial charge in [-0.3, -0.25) is 4.79 Å². The van der Waals surface area contributed by atoms with Crippen LogP contribution in [0, 0.1) is 0 Å². The van der Waals surface area contributed by atoms with Crippen LogP contribution in [0.3, 0.4) is 0 Å². The number of fused-ring (bicyclic) bond motifs is 1. The Balaban J connectivity index is 2.16. The fourth-order valence-electron chi connectivity index (χ4n) is 2.20. The minimum atomic E-state index is -0.182. The zero-order valence-corrected chi connectivity index (χ0v) is 11.8. The van der Waals surface area contributed by atoms with Crippen LogP contribution in [0.4, 0.5) is 0 Å². The molecule has 20 heavy (non-hydrogen) atoms. The number of aryl methyl sites for hydroxylation is 1. The largest absolute Gasteiger partial charge is 0.394 e. The summed E-state index contributed by atoms with van der Waals surface area (Å²) in [6.07, 6.45) is 6.03. The number of amides is 1. The van der Waals surface area contributed by atoms with Crippen LogP contribution in [-0.2, 0) is 11.8 Å². The Kier molecular flexibility index (Phi) is 4.58. The molecule has 1 heterocycles. The quantitative estimate of drug-likeness (QED) is 0.819. The van der Waals surface area contributed by atoms with E-state index in [1.54, 1.807) is 0 Å². The predicted molar refractivity (Wildman–Crippen MR) is 81.3 cm³/mol. The summed E-state index contributed by atoms with van der Waals surface area (Å²) in [6.45, 7) is 1.89. The molecule has 1 aromatic heterocycles. The van der Waals surface area contributed by atoms with E-state index in [1.807, 2.05) is 55.1 Å². The number of benzene rings is 1. The fourth-order valence-corrected chi connectivity index (χ4v) is 2.20. The van der Waals surface area contributed by atoms with Crippen molar-refractivity contribution in [3.05, 3.63) is 42.1 Å². The molecule has 0 saturated carbocycles. The molecule has 106 valence electrons. The van der Waals surface area contributed by atoms with Crippen LogP contribution in [0.2, 0.25) is 0 Å². The SMILES string of the molecule is CCC(CO)NC(=O)/C=C/c1cn(C)c2ccccc12. The molecule has 0 spiro atoms. The van der Waals surface area contributed by atoms with Crippen LogP contribution in [0.1, 0.15) is 18.9 Å². The maximum absolute atomic E-state index is 11.8. The van der Waals surface area contributed by atoms with E-state index in [0.29, 0.717) is 6.42 Å². The second-order valence-electron chi connectivity index (χ2n) is 4.84. The Bertz CT molecular complexity index is 624. The lowest BCUT2D eigenvalue weighted by Gasteiger charge is -2.11. The summed E-state index contributed by atoms with van der Waals surface area (Å²) in [5, 5.41) is 12.9. The molecule has 0 radical (unpaired) electrons. The summed E-state index contributed by atoms with van der Waals surface area (Å²) < 4.78 is 2.04. The Hall–Kier alpha value is -2.07. The number of hydrogen-bond acceptors (Lipinski definition) is 2. The molecular weight excluding hydrogens is 252 g/mol. The number of hydrogen-bond donors (Lipinski definition) is 2. The van der Waals surface area contributed by atoms with E-state index in [0.717, 1.165) is 16.5 Å². The zero-order valence-electron chi connectivity index (χ0n) is 11.8. The lowest BCUT2D eigenvalue weighted by atomic mass is 10.1. The lowest BCUT2D eigenvalue weighted by molar-refractivity contribution is -0.117. The Morgan fingerprint density at radius 1 is 1.45 bits per heavy atom. The van der Waals surface area contributed by atoms with Gasteiger partial charge in [0.1, 0.15) is 0 Å². The van der Waals surface area contributed by atoms with Crippen molar-refractivity contribution in [2.75, 3.05) is 6.61 Å². The molecule has 2 aromatic rings. The molecule has 4 nitrogen and oxygen atoms in total. The van der Waals surface area contributed by atoms with Crippen molar-refractivity contribution in [1.29, 1.82) is 0 Å². The third-order valence-electron chi connectivity index (χ3n) is 3.40. The zero-order chi connectivity index (χ0) is 14.5. The number of rotatable bonds is 5. The molecule has 0 saturated heterocycles. The van der Waals surface area contributed by atoms with Crippen molar-refractivity contribution in [3.8, 4) is 0 Å². The summed E-state index contributed by atoms with van der Waals surface area (Å²) >= 11 is 0. The molecule has 0 aliphatic heterocycles. The van der Waals surface area contributed by atoms with Gasteiger partial charge in [-0.05, 0) is 18.6 Å². The van der Waals surface area contributed by atoms with Gasteiger partial charge in [-0.2, -0.15) is 0 Å². The number of aliphatic hydroxyl groups excluding tert-OH is 1. The van der Waals surface area contributed by atoms with Crippen molar-refractivity contribution in [1.82, 2.24) is 9.88 Å². The van der Waals surface area contributed by atoms with E-state index in [9.17, 15) is 4.79 Å². The fraction of sp³-hybridized carbons (Fsp3) is 0.312. The summed E-state index contributed by atoms with van der Waals surface area (Å²) in [5.41, 5.74) is 2.14. The normalized spacial score (nSPS) is 12.9. The van der Waals surface area contributed by atoms with Gasteiger partial charge in [-0.25, -0.2) is 0 Å². The average Bonchev–Trinajstić information content (AvgIpc) is 2.80. The van der Waals surface area contributed by atoms with E-state index < -0.39 is 0 Å². The third kappa shape index (κ3) is 3.08. The molecule has 1 atom stereocenters. The summed E-state index contributed by atoms with van der Waals surface area (Å²) in [6, 6.07) is 7.88. The molecule has 4 heteroatoms. The number of nitrogens with one attached hydrogen (secondary N) is 1. The molecule has 0 aliphatic carbocycles. The molecular formula is C16H20N2O2. The van der Waals surface area contributed by atoms with Crippen LogP contribution in [0.5, 0.6) is 0 Å². The average molecular weight is 272 g/mol. The van der Waals surface area contributed by atoms with E-state index in [4.69, 9.17) is 5.11 Å². The number of carbonyl (C=O) groups excluding carboxylic acids is 1. The minimum Gasteiger partial charge on any atom is -0.394 e. The van der Waals surface area contributed by atoms with E-state index in [2.05, 4.69) is 5.32 Å². The van der Waals surface area contributed by atoms with Gasteiger partial charge in [-0.1, -0.05) is 25.1 Å². The van der Waals surface area contributed by atoms with Crippen molar-refractivity contribution in [3.63, 3.8) is 0 Å². The van der Waals surface area contributed by atoms with Crippen molar-refractivity contribution >= 4 is 22.9 Å². The highest BCUT2D eigenvalue weighted by atomic mass is 16.3. The van der Waals surface area contributed by atoms with E-state index >= 15 is 0 Å². The van der Waals surface area contributed by atoms with Crippen LogP contribution in [-0.4, -0.2) is 28.2 Å². The molecule has 2 N–H and O–H groups in total. The van der Waals surface area contributed by atoms with Crippen molar-refractivity contribution in [2.24, 2.45) is 7.05 Å². The first-order valence-electron chi connectivity index (χ1n) is 6.79. The molecule has 0 aliphatic rings. The monoisotopic (exact) mass is 272 g/mol. The number of aromatic nitrogens is 1. The van der Waals surface area contributed by atoms with Gasteiger partial charge < -0.3 is 15.0 Å². The Morgan fingerprint density at radius 3 is 2.90 bits per heavy atom. The van der Waals surface area contributed by atoms with Gasteiger partial charge in [0.25, 0.3) is 0 Å². The molecule has 1 unspecified atom stereocenters. The number of carbonyl (C=O) groups is 1. The number of nitrogens with zero attached hydrogens (tertiary/aromatic N) is 1. The van der Waals surface area contributed by atoms with Crippen LogP contribution in [0.25, 0.3) is 17.0 Å². The number of aliphatic hydroxyl groups is 1. The first-order valence-corrected chi connectivity index (χ1v) is 6.79. The molecule has 1 aromatic carbocycles. The predicted octanol–water partition coefficient (Wildman–Crippen LogP) is 2.08. The smallest absolute Gasteiger partial charge is 0.244 e. The molecule has 1 amide bonds. The van der Waals surface area contributed by atoms with Gasteiger partial charge in [0.2, 0.25) is 5.91 Å². The lowest BCUT2D eigenvalue weighted by Crippen LogP contribution is -2.35. The highest BCUT2D eigenvalue weighted by molar-refractivity contribution is 5.96. The second kappa shape index (κ2) is 6.39. The molecule has 2 rings (SSSR count). The van der Waals surface area contributed by atoms with Crippen molar-refractivity contribution in [2.45, 2.75) is 19.4 Å². The van der Waals surface area contributed by atoms with Crippen LogP contribution >= 0.6 is 0 Å². The third-order valence-corrected chi connectivity index (χ3v) is 3.40. The van der Waals surface area contributed by atoms with Gasteiger partial charge in [0.05, 0.1) is 12.6 Å². The van der Waals surface area contributed by atoms with Gasteiger partial charge in [0.15, 0.2) is 0 Å². The minimum absolute atomic E-state index is 0.0374. The first kappa shape index (κ1) is 14.3. The van der Waals surface area contributed by atoms with Gasteiger partial charge >= 0.3 is 0 Å².